The normalized spacial score (nSPS) is 16.6. The lowest BCUT2D eigenvalue weighted by Gasteiger charge is -2.40. The average molecular weight is 664 g/mol. The number of halogens is 2. The van der Waals surface area contributed by atoms with Crippen molar-refractivity contribution in [1.29, 1.82) is 0 Å². The van der Waals surface area contributed by atoms with Crippen LogP contribution in [0.3, 0.4) is 0 Å². The number of thiophene rings is 1. The minimum absolute atomic E-state index is 0.0303. The van der Waals surface area contributed by atoms with Crippen molar-refractivity contribution >= 4 is 57.1 Å². The predicted octanol–water partition coefficient (Wildman–Crippen LogP) is 8.77. The predicted molar refractivity (Wildman–Crippen MR) is 183 cm³/mol. The molecule has 5 rings (SSSR count). The van der Waals surface area contributed by atoms with Crippen molar-refractivity contribution in [2.24, 2.45) is 0 Å². The van der Waals surface area contributed by atoms with Crippen LogP contribution in [0.15, 0.2) is 66.7 Å². The molecule has 0 spiro atoms. The van der Waals surface area contributed by atoms with Gasteiger partial charge in [-0.25, -0.2) is 9.18 Å². The summed E-state index contributed by atoms with van der Waals surface area (Å²) in [5.74, 6) is -0.638. The van der Waals surface area contributed by atoms with E-state index >= 15 is 4.39 Å². The molecule has 242 valence electrons. The highest BCUT2D eigenvalue weighted by Gasteiger charge is 2.35. The van der Waals surface area contributed by atoms with Crippen LogP contribution in [-0.4, -0.2) is 60.0 Å². The van der Waals surface area contributed by atoms with E-state index in [1.165, 1.54) is 22.3 Å². The molecule has 4 aromatic rings. The van der Waals surface area contributed by atoms with Crippen LogP contribution in [0.5, 0.6) is 0 Å². The molecule has 1 aliphatic carbocycles. The minimum atomic E-state index is -0.595. The summed E-state index contributed by atoms with van der Waals surface area (Å²) >= 11 is 8.12. The Morgan fingerprint density at radius 1 is 0.957 bits per heavy atom. The minimum Gasteiger partial charge on any atom is -0.444 e. The first-order chi connectivity index (χ1) is 21.9. The second-order valence-corrected chi connectivity index (χ2v) is 14.2. The first-order valence-electron chi connectivity index (χ1n) is 15.4. The van der Waals surface area contributed by atoms with E-state index in [2.05, 4.69) is 0 Å². The highest BCUT2D eigenvalue weighted by Crippen LogP contribution is 2.38. The Kier molecular flexibility index (Phi) is 10.0. The number of carbonyl (C=O) groups is 3. The molecule has 3 amide bonds. The van der Waals surface area contributed by atoms with Crippen molar-refractivity contribution in [3.8, 4) is 11.1 Å². The summed E-state index contributed by atoms with van der Waals surface area (Å²) in [5.41, 5.74) is 2.20. The van der Waals surface area contributed by atoms with E-state index in [9.17, 15) is 14.4 Å². The highest BCUT2D eigenvalue weighted by atomic mass is 35.5. The lowest BCUT2D eigenvalue weighted by molar-refractivity contribution is -0.107. The van der Waals surface area contributed by atoms with Crippen LogP contribution in [0.2, 0.25) is 5.02 Å². The molecule has 0 radical (unpaired) electrons. The number of hydrogen-bond acceptors (Lipinski definition) is 5. The zero-order chi connectivity index (χ0) is 33.2. The van der Waals surface area contributed by atoms with E-state index in [1.807, 2.05) is 69.3 Å². The molecule has 46 heavy (non-hydrogen) atoms. The Morgan fingerprint density at radius 3 is 2.22 bits per heavy atom. The molecule has 1 aliphatic rings. The monoisotopic (exact) mass is 663 g/mol. The van der Waals surface area contributed by atoms with Gasteiger partial charge in [0.15, 0.2) is 0 Å². The van der Waals surface area contributed by atoms with Crippen LogP contribution in [-0.2, 0) is 16.1 Å². The van der Waals surface area contributed by atoms with Gasteiger partial charge < -0.3 is 19.4 Å². The molecule has 0 atom stereocenters. The van der Waals surface area contributed by atoms with Crippen LogP contribution in [0.25, 0.3) is 21.2 Å². The molecule has 1 fully saturated rings. The van der Waals surface area contributed by atoms with Gasteiger partial charge in [-0.1, -0.05) is 48.0 Å². The number of fused-ring (bicyclic) bond motifs is 1. The van der Waals surface area contributed by atoms with Gasteiger partial charge in [0.05, 0.1) is 5.02 Å². The number of hydrogen-bond donors (Lipinski definition) is 0. The third-order valence-electron chi connectivity index (χ3n) is 8.48. The van der Waals surface area contributed by atoms with E-state index in [4.69, 9.17) is 16.3 Å². The molecule has 0 N–H and O–H groups in total. The summed E-state index contributed by atoms with van der Waals surface area (Å²) in [7, 11) is 3.43. The molecule has 0 unspecified atom stereocenters. The number of amides is 3. The van der Waals surface area contributed by atoms with Gasteiger partial charge in [0.2, 0.25) is 6.41 Å². The summed E-state index contributed by atoms with van der Waals surface area (Å²) in [5, 5.41) is 1.22. The number of nitrogens with zero attached hydrogens (tertiary/aromatic N) is 3. The molecule has 10 heteroatoms. The fourth-order valence-corrected chi connectivity index (χ4v) is 7.37. The zero-order valence-electron chi connectivity index (χ0n) is 26.8. The molecular formula is C36H39ClFN3O4S. The van der Waals surface area contributed by atoms with Gasteiger partial charge in [0, 0.05) is 54.1 Å². The van der Waals surface area contributed by atoms with E-state index in [0.717, 1.165) is 33.3 Å². The fourth-order valence-electron chi connectivity index (χ4n) is 5.90. The van der Waals surface area contributed by atoms with Gasteiger partial charge in [-0.2, -0.15) is 0 Å². The van der Waals surface area contributed by atoms with Gasteiger partial charge in [-0.05, 0) is 87.9 Å². The maximum absolute atomic E-state index is 15.5. The quantitative estimate of drug-likeness (QED) is 0.177. The lowest BCUT2D eigenvalue weighted by atomic mass is 9.89. The van der Waals surface area contributed by atoms with E-state index in [1.54, 1.807) is 36.0 Å². The molecule has 1 heterocycles. The maximum atomic E-state index is 15.5. The van der Waals surface area contributed by atoms with Crippen LogP contribution in [0, 0.1) is 5.82 Å². The van der Waals surface area contributed by atoms with E-state index in [-0.39, 0.29) is 30.6 Å². The molecule has 0 saturated heterocycles. The molecule has 7 nitrogen and oxygen atoms in total. The number of rotatable bonds is 8. The second kappa shape index (κ2) is 13.8. The number of benzene rings is 3. The van der Waals surface area contributed by atoms with Gasteiger partial charge in [-0.15, -0.1) is 11.3 Å². The molecular weight excluding hydrogens is 625 g/mol. The van der Waals surface area contributed by atoms with Crippen LogP contribution >= 0.6 is 22.9 Å². The molecule has 3 aromatic carbocycles. The average Bonchev–Trinajstić information content (AvgIpc) is 3.39. The van der Waals surface area contributed by atoms with Crippen LogP contribution in [0.1, 0.15) is 61.7 Å². The standard InChI is InChI=1S/C36H39ClFN3O4S/c1-36(2,3)45-35(44)40(5)27-15-17-28(18-16-27)41(34(43)33-32(37)29-8-6-7-9-31(29)46-33)21-25-20-24(12-19-30(25)38)23-10-13-26(14-11-23)39(4)22-42/h6-14,19-20,22,27-28H,15-18,21H2,1-5H3/t27-,28-. The van der Waals surface area contributed by atoms with Crippen molar-refractivity contribution in [3.05, 3.63) is 88.0 Å². The SMILES string of the molecule is CN(C=O)c1ccc(-c2ccc(F)c(CN(C(=O)c3sc4ccccc4c3Cl)[C@H]3CC[C@H](N(C)C(=O)OC(C)(C)C)CC3)c2)cc1. The lowest BCUT2D eigenvalue weighted by Crippen LogP contribution is -2.47. The smallest absolute Gasteiger partial charge is 0.410 e. The van der Waals surface area contributed by atoms with Crippen LogP contribution < -0.4 is 4.90 Å². The summed E-state index contributed by atoms with van der Waals surface area (Å²) in [6, 6.07) is 19.8. The van der Waals surface area contributed by atoms with Crippen LogP contribution in [0.4, 0.5) is 14.9 Å². The van der Waals surface area contributed by atoms with Gasteiger partial charge in [0.1, 0.15) is 16.3 Å². The number of carbonyl (C=O) groups excluding carboxylic acids is 3. The van der Waals surface area contributed by atoms with Crippen molar-refractivity contribution < 1.29 is 23.5 Å². The topological polar surface area (TPSA) is 70.2 Å². The Bertz CT molecular complexity index is 1730. The summed E-state index contributed by atoms with van der Waals surface area (Å²) in [6.45, 7) is 5.58. The van der Waals surface area contributed by atoms with E-state index < -0.39 is 11.4 Å². The largest absolute Gasteiger partial charge is 0.444 e. The third kappa shape index (κ3) is 7.37. The molecule has 0 aliphatic heterocycles. The fraction of sp³-hybridized carbons (Fsp3) is 0.361. The van der Waals surface area contributed by atoms with Gasteiger partial charge in [0.25, 0.3) is 5.91 Å². The van der Waals surface area contributed by atoms with Crippen molar-refractivity contribution in [2.75, 3.05) is 19.0 Å². The molecule has 1 saturated carbocycles. The highest BCUT2D eigenvalue weighted by molar-refractivity contribution is 7.21. The third-order valence-corrected chi connectivity index (χ3v) is 10.1. The van der Waals surface area contributed by atoms with Crippen molar-refractivity contribution in [1.82, 2.24) is 9.80 Å². The Morgan fingerprint density at radius 2 is 1.59 bits per heavy atom. The molecule has 0 bridgehead atoms. The Hall–Kier alpha value is -3.95. The number of anilines is 1. The second-order valence-electron chi connectivity index (χ2n) is 12.8. The summed E-state index contributed by atoms with van der Waals surface area (Å²) in [6.07, 6.45) is 2.99. The van der Waals surface area contributed by atoms with E-state index in [0.29, 0.717) is 41.1 Å². The summed E-state index contributed by atoms with van der Waals surface area (Å²) < 4.78 is 22.0. The van der Waals surface area contributed by atoms with Crippen molar-refractivity contribution in [3.63, 3.8) is 0 Å². The van der Waals surface area contributed by atoms with Gasteiger partial charge >= 0.3 is 6.09 Å². The first kappa shape index (κ1) is 33.4. The Balaban J connectivity index is 1.43. The maximum Gasteiger partial charge on any atom is 0.410 e. The number of ether oxygens (including phenoxy) is 1. The first-order valence-corrected chi connectivity index (χ1v) is 16.6. The summed E-state index contributed by atoms with van der Waals surface area (Å²) in [4.78, 5) is 43.5. The molecule has 1 aromatic heterocycles. The Labute approximate surface area is 278 Å². The zero-order valence-corrected chi connectivity index (χ0v) is 28.3. The van der Waals surface area contributed by atoms with Gasteiger partial charge in [-0.3, -0.25) is 9.59 Å². The van der Waals surface area contributed by atoms with Crippen molar-refractivity contribution in [2.45, 2.75) is 70.7 Å².